The van der Waals surface area contributed by atoms with Crippen LogP contribution < -0.4 is 0 Å². The molecule has 3 rings (SSSR count). The molecule has 70 valence electrons. The Labute approximate surface area is 87.2 Å². The van der Waals surface area contributed by atoms with Crippen molar-refractivity contribution in [2.45, 2.75) is 23.1 Å². The van der Waals surface area contributed by atoms with Crippen LogP contribution >= 0.6 is 11.8 Å². The molecular weight excluding hydrogens is 192 g/mol. The van der Waals surface area contributed by atoms with Gasteiger partial charge in [-0.3, -0.25) is 4.99 Å². The molecule has 2 aliphatic heterocycles. The van der Waals surface area contributed by atoms with Gasteiger partial charge in [-0.05, 0) is 18.6 Å². The molecular formula is C11H10N2S. The third kappa shape index (κ3) is 1.05. The van der Waals surface area contributed by atoms with Gasteiger partial charge in [-0.1, -0.05) is 18.2 Å². The quantitative estimate of drug-likeness (QED) is 0.635. The van der Waals surface area contributed by atoms with Crippen molar-refractivity contribution in [2.75, 3.05) is 0 Å². The Kier molecular flexibility index (Phi) is 1.74. The average molecular weight is 202 g/mol. The summed E-state index contributed by atoms with van der Waals surface area (Å²) in [7, 11) is 0. The third-order valence-corrected chi connectivity index (χ3v) is 4.16. The van der Waals surface area contributed by atoms with Crippen LogP contribution in [-0.4, -0.2) is 17.3 Å². The van der Waals surface area contributed by atoms with Crippen LogP contribution in [0, 0.1) is 0 Å². The molecule has 0 aromatic heterocycles. The zero-order valence-corrected chi connectivity index (χ0v) is 8.66. The first-order valence-electron chi connectivity index (χ1n) is 4.68. The summed E-state index contributed by atoms with van der Waals surface area (Å²) in [6.07, 6.45) is 1.69. The summed E-state index contributed by atoms with van der Waals surface area (Å²) in [4.78, 5) is 10.1. The second-order valence-electron chi connectivity index (χ2n) is 3.56. The number of nitrogens with zero attached hydrogens (tertiary/aromatic N) is 2. The van der Waals surface area contributed by atoms with Crippen molar-refractivity contribution in [2.24, 2.45) is 9.98 Å². The van der Waals surface area contributed by atoms with Gasteiger partial charge in [-0.25, -0.2) is 4.99 Å². The van der Waals surface area contributed by atoms with Gasteiger partial charge in [0.2, 0.25) is 0 Å². The molecule has 0 saturated carbocycles. The Morgan fingerprint density at radius 1 is 1.29 bits per heavy atom. The molecule has 0 saturated heterocycles. The van der Waals surface area contributed by atoms with E-state index < -0.39 is 0 Å². The zero-order valence-electron chi connectivity index (χ0n) is 7.84. The summed E-state index contributed by atoms with van der Waals surface area (Å²) in [5, 5.41) is 0.428. The smallest absolute Gasteiger partial charge is 0.110 e. The van der Waals surface area contributed by atoms with Crippen LogP contribution in [-0.2, 0) is 0 Å². The highest BCUT2D eigenvalue weighted by molar-refractivity contribution is 8.01. The molecule has 0 amide bonds. The van der Waals surface area contributed by atoms with E-state index in [0.717, 1.165) is 0 Å². The number of rotatable bonds is 0. The Bertz CT molecular complexity index is 437. The summed E-state index contributed by atoms with van der Waals surface area (Å²) in [5.74, 6) is 0. The molecule has 1 aromatic rings. The fourth-order valence-corrected chi connectivity index (χ4v) is 3.27. The maximum Gasteiger partial charge on any atom is 0.110 e. The van der Waals surface area contributed by atoms with Gasteiger partial charge in [0.1, 0.15) is 6.34 Å². The third-order valence-electron chi connectivity index (χ3n) is 2.68. The van der Waals surface area contributed by atoms with Crippen LogP contribution in [0.4, 0.5) is 0 Å². The van der Waals surface area contributed by atoms with Gasteiger partial charge in [0, 0.05) is 10.6 Å². The van der Waals surface area contributed by atoms with Gasteiger partial charge >= 0.3 is 0 Å². The molecule has 0 N–H and O–H groups in total. The van der Waals surface area contributed by atoms with E-state index in [1.807, 2.05) is 11.8 Å². The summed E-state index contributed by atoms with van der Waals surface area (Å²) in [6, 6.07) is 8.80. The van der Waals surface area contributed by atoms with Crippen molar-refractivity contribution >= 4 is 23.8 Å². The second kappa shape index (κ2) is 2.95. The number of hydrogen-bond donors (Lipinski definition) is 0. The largest absolute Gasteiger partial charge is 0.264 e. The minimum Gasteiger partial charge on any atom is -0.264 e. The lowest BCUT2D eigenvalue weighted by Crippen LogP contribution is -2.20. The van der Waals surface area contributed by atoms with E-state index in [-0.39, 0.29) is 0 Å². The molecule has 2 heterocycles. The highest BCUT2D eigenvalue weighted by Crippen LogP contribution is 2.47. The van der Waals surface area contributed by atoms with E-state index >= 15 is 0 Å². The van der Waals surface area contributed by atoms with Crippen molar-refractivity contribution < 1.29 is 0 Å². The first kappa shape index (κ1) is 8.24. The number of thioether (sulfide) groups is 1. The maximum atomic E-state index is 4.45. The van der Waals surface area contributed by atoms with E-state index in [9.17, 15) is 0 Å². The first-order valence-corrected chi connectivity index (χ1v) is 5.56. The van der Waals surface area contributed by atoms with E-state index in [2.05, 4.69) is 41.2 Å². The summed E-state index contributed by atoms with van der Waals surface area (Å²) in [5.41, 5.74) is 2.54. The lowest BCUT2D eigenvalue weighted by molar-refractivity contribution is 0.776. The summed E-state index contributed by atoms with van der Waals surface area (Å²) < 4.78 is 0. The number of fused-ring (bicyclic) bond motifs is 3. The van der Waals surface area contributed by atoms with Crippen LogP contribution in [0.25, 0.3) is 0 Å². The standard InChI is InChI=1S/C11H10N2S/c1-7-11-10(13-6-12-7)8-4-2-3-5-9(8)14-11/h2-6,10-11H,1H3. The van der Waals surface area contributed by atoms with E-state index in [1.54, 1.807) is 6.34 Å². The molecule has 0 fully saturated rings. The first-order chi connectivity index (χ1) is 6.86. The summed E-state index contributed by atoms with van der Waals surface area (Å²) >= 11 is 1.88. The fourth-order valence-electron chi connectivity index (χ4n) is 1.94. The van der Waals surface area contributed by atoms with Gasteiger partial charge in [0.25, 0.3) is 0 Å². The van der Waals surface area contributed by atoms with Crippen LogP contribution in [0.1, 0.15) is 18.5 Å². The van der Waals surface area contributed by atoms with Crippen molar-refractivity contribution in [3.63, 3.8) is 0 Å². The summed E-state index contributed by atoms with van der Waals surface area (Å²) in [6.45, 7) is 2.09. The predicted octanol–water partition coefficient (Wildman–Crippen LogP) is 2.70. The normalized spacial score (nSPS) is 28.2. The molecule has 2 aliphatic rings. The Morgan fingerprint density at radius 2 is 2.14 bits per heavy atom. The molecule has 0 radical (unpaired) electrons. The molecule has 3 heteroatoms. The molecule has 0 aliphatic carbocycles. The molecule has 2 unspecified atom stereocenters. The van der Waals surface area contributed by atoms with Crippen LogP contribution in [0.2, 0.25) is 0 Å². The van der Waals surface area contributed by atoms with E-state index in [4.69, 9.17) is 0 Å². The minimum absolute atomic E-state index is 0.300. The monoisotopic (exact) mass is 202 g/mol. The predicted molar refractivity (Wildman–Crippen MR) is 60.4 cm³/mol. The highest BCUT2D eigenvalue weighted by Gasteiger charge is 2.35. The molecule has 2 nitrogen and oxygen atoms in total. The van der Waals surface area contributed by atoms with Gasteiger partial charge in [-0.2, -0.15) is 0 Å². The molecule has 1 aromatic carbocycles. The fraction of sp³-hybridized carbons (Fsp3) is 0.273. The van der Waals surface area contributed by atoms with Crippen molar-refractivity contribution in [3.8, 4) is 0 Å². The van der Waals surface area contributed by atoms with Gasteiger partial charge in [0.05, 0.1) is 11.3 Å². The Balaban J connectivity index is 2.11. The van der Waals surface area contributed by atoms with E-state index in [1.165, 1.54) is 16.2 Å². The maximum absolute atomic E-state index is 4.45. The Morgan fingerprint density at radius 3 is 3.07 bits per heavy atom. The van der Waals surface area contributed by atoms with Crippen LogP contribution in [0.3, 0.4) is 0 Å². The molecule has 14 heavy (non-hydrogen) atoms. The lowest BCUT2D eigenvalue weighted by Gasteiger charge is -2.17. The number of aliphatic imine (C=N–C) groups is 2. The van der Waals surface area contributed by atoms with Crippen molar-refractivity contribution in [1.29, 1.82) is 0 Å². The Hall–Kier alpha value is -1.09. The van der Waals surface area contributed by atoms with Crippen molar-refractivity contribution in [1.82, 2.24) is 0 Å². The second-order valence-corrected chi connectivity index (χ2v) is 4.74. The topological polar surface area (TPSA) is 24.7 Å². The van der Waals surface area contributed by atoms with Crippen LogP contribution in [0.15, 0.2) is 39.1 Å². The van der Waals surface area contributed by atoms with Crippen LogP contribution in [0.5, 0.6) is 0 Å². The molecule has 2 atom stereocenters. The van der Waals surface area contributed by atoms with Gasteiger partial charge in [-0.15, -0.1) is 11.8 Å². The van der Waals surface area contributed by atoms with Crippen molar-refractivity contribution in [3.05, 3.63) is 29.8 Å². The average Bonchev–Trinajstić information content (AvgIpc) is 2.59. The number of hydrogen-bond acceptors (Lipinski definition) is 3. The van der Waals surface area contributed by atoms with Gasteiger partial charge in [0.15, 0.2) is 0 Å². The SMILES string of the molecule is CC1=NC=NC2c3ccccc3SC12. The van der Waals surface area contributed by atoms with Gasteiger partial charge < -0.3 is 0 Å². The minimum atomic E-state index is 0.300. The highest BCUT2D eigenvalue weighted by atomic mass is 32.2. The molecule has 0 spiro atoms. The lowest BCUT2D eigenvalue weighted by atomic mass is 10.0. The number of benzene rings is 1. The zero-order chi connectivity index (χ0) is 9.54. The molecule has 0 bridgehead atoms. The van der Waals surface area contributed by atoms with E-state index in [0.29, 0.717) is 11.3 Å².